The monoisotopic (exact) mass is 263 g/mol. The molecule has 0 unspecified atom stereocenters. The molecule has 0 aromatic heterocycles. The molecule has 0 aliphatic heterocycles. The molecule has 0 aliphatic carbocycles. The fourth-order valence-corrected chi connectivity index (χ4v) is 0. The second kappa shape index (κ2) is 10.3. The zero-order valence-corrected chi connectivity index (χ0v) is 13.4. The van der Waals surface area contributed by atoms with E-state index in [9.17, 15) is 0 Å². The van der Waals surface area contributed by atoms with Crippen LogP contribution in [0.1, 0.15) is 0 Å². The van der Waals surface area contributed by atoms with E-state index in [0.29, 0.717) is 0 Å². The molecule has 0 aromatic rings. The van der Waals surface area contributed by atoms with Crippen molar-refractivity contribution in [2.45, 2.75) is 0 Å². The Labute approximate surface area is 118 Å². The predicted molar refractivity (Wildman–Crippen MR) is 7.13 cm³/mol. The molecule has 32 valence electrons. The second-order valence-corrected chi connectivity index (χ2v) is 2.74. The molecular weight excluding hydrogens is 261 g/mol. The van der Waals surface area contributed by atoms with Gasteiger partial charge < -0.3 is 0 Å². The van der Waals surface area contributed by atoms with Gasteiger partial charge in [-0.3, -0.25) is 0 Å². The van der Waals surface area contributed by atoms with E-state index in [1.165, 1.54) is 0 Å². The van der Waals surface area contributed by atoms with E-state index in [1.54, 1.807) is 0 Å². The summed E-state index contributed by atoms with van der Waals surface area (Å²) in [7, 11) is 0. The summed E-state index contributed by atoms with van der Waals surface area (Å²) in [5.41, 5.74) is 0. The number of rotatable bonds is 0. The van der Waals surface area contributed by atoms with Gasteiger partial charge >= 0.3 is 121 Å². The smallest absolute Gasteiger partial charge is 1.00 e. The third-order valence-electron chi connectivity index (χ3n) is 0. The fourth-order valence-electron chi connectivity index (χ4n) is 0. The number of hydrogen-bond acceptors (Lipinski definition) is 4. The first-order chi connectivity index (χ1) is 2.00. The van der Waals surface area contributed by atoms with Crippen LogP contribution in [0.4, 0.5) is 0 Å². The van der Waals surface area contributed by atoms with Crippen molar-refractivity contribution in [1.82, 2.24) is 0 Å². The van der Waals surface area contributed by atoms with Crippen molar-refractivity contribution in [3.63, 3.8) is 0 Å². The van der Waals surface area contributed by atoms with Crippen molar-refractivity contribution < 1.29 is 102 Å². The topological polar surface area (TPSA) is 80.3 Å². The molecule has 0 N–H and O–H groups in total. The van der Waals surface area contributed by atoms with Crippen molar-refractivity contribution in [2.24, 2.45) is 0 Å². The molecule has 8 heteroatoms. The van der Waals surface area contributed by atoms with Gasteiger partial charge in [0.2, 0.25) is 0 Å². The second-order valence-electron chi connectivity index (χ2n) is 0.408. The average Bonchev–Trinajstić information content (AvgIpc) is 0.722. The summed E-state index contributed by atoms with van der Waals surface area (Å²) in [6.45, 7) is 0. The van der Waals surface area contributed by atoms with Gasteiger partial charge in [-0.2, -0.15) is 0 Å². The van der Waals surface area contributed by atoms with Gasteiger partial charge in [-0.1, -0.05) is 0 Å². The van der Waals surface area contributed by atoms with Crippen LogP contribution in [0.25, 0.3) is 0 Å². The van der Waals surface area contributed by atoms with Crippen molar-refractivity contribution in [3.8, 4) is 0 Å². The summed E-state index contributed by atoms with van der Waals surface area (Å²) in [5, 5.41) is 0. The van der Waals surface area contributed by atoms with E-state index in [-0.39, 0.29) is 88.7 Å². The van der Waals surface area contributed by atoms with Gasteiger partial charge in [0.1, 0.15) is 0 Å². The zero-order valence-electron chi connectivity index (χ0n) is 5.04. The first-order valence-corrected chi connectivity index (χ1v) is 4.47. The molecule has 0 aromatic carbocycles. The molecule has 0 amide bonds. The van der Waals surface area contributed by atoms with Gasteiger partial charge in [-0.05, 0) is 0 Å². The standard InChI is InChI=1S/3Na.H2O4Te/c;;;1-5(2,3)4/h;;;(H2,1,2,3,4)/q3*+1;/p-2. The van der Waals surface area contributed by atoms with Crippen molar-refractivity contribution in [1.29, 1.82) is 0 Å². The molecule has 4 nitrogen and oxygen atoms in total. The van der Waals surface area contributed by atoms with Crippen LogP contribution >= 0.6 is 0 Å². The zero-order chi connectivity index (χ0) is 4.50. The maximum atomic E-state index is 8.63. The van der Waals surface area contributed by atoms with Gasteiger partial charge in [0.15, 0.2) is 0 Å². The van der Waals surface area contributed by atoms with Crippen LogP contribution in [0.5, 0.6) is 0 Å². The molecule has 0 rings (SSSR count). The molecule has 0 aliphatic rings. The Balaban J connectivity index is -0.0000000267. The molecule has 0 spiro atoms. The Kier molecular flexibility index (Phi) is 29.0. The Morgan fingerprint density at radius 1 is 0.875 bits per heavy atom. The molecule has 0 fully saturated rings. The van der Waals surface area contributed by atoms with Crippen molar-refractivity contribution in [3.05, 3.63) is 0 Å². The third-order valence-corrected chi connectivity index (χ3v) is 0. The Morgan fingerprint density at radius 2 is 0.875 bits per heavy atom. The predicted octanol–water partition coefficient (Wildman–Crippen LogP) is -12.0. The minimum absolute atomic E-state index is 0. The summed E-state index contributed by atoms with van der Waals surface area (Å²) < 4.78 is 34.5. The normalized spacial score (nSPS) is 7.25. The largest absolute Gasteiger partial charge is 1.00 e. The van der Waals surface area contributed by atoms with Gasteiger partial charge in [0, 0.05) is 0 Å². The van der Waals surface area contributed by atoms with Crippen LogP contribution in [-0.2, 0) is 6.21 Å². The summed E-state index contributed by atoms with van der Waals surface area (Å²) in [6, 6.07) is 0. The van der Waals surface area contributed by atoms with E-state index in [4.69, 9.17) is 13.2 Å². The van der Waals surface area contributed by atoms with Crippen molar-refractivity contribution >= 4 is 19.0 Å². The van der Waals surface area contributed by atoms with Crippen LogP contribution in [0, 0.1) is 0 Å². The maximum absolute atomic E-state index is 8.63. The van der Waals surface area contributed by atoms with Crippen LogP contribution in [0.15, 0.2) is 0 Å². The maximum Gasteiger partial charge on any atom is 1.00 e. The summed E-state index contributed by atoms with van der Waals surface area (Å²) in [6.07, 6.45) is 0. The molecule has 0 saturated carbocycles. The van der Waals surface area contributed by atoms with Crippen LogP contribution < -0.4 is 95.6 Å². The van der Waals surface area contributed by atoms with Gasteiger partial charge in [0.05, 0.1) is 0 Å². The quantitative estimate of drug-likeness (QED) is 0.405. The fraction of sp³-hybridized carbons (Fsp3) is 0. The van der Waals surface area contributed by atoms with Crippen molar-refractivity contribution in [2.75, 3.05) is 0 Å². The molecule has 8 heavy (non-hydrogen) atoms. The molecule has 0 radical (unpaired) electrons. The van der Waals surface area contributed by atoms with Crippen LogP contribution in [0.2, 0.25) is 0 Å². The van der Waals surface area contributed by atoms with Gasteiger partial charge in [0.25, 0.3) is 0 Å². The molecule has 0 heterocycles. The Morgan fingerprint density at radius 3 is 0.875 bits per heavy atom. The minimum atomic E-state index is -6.02. The van der Waals surface area contributed by atoms with Gasteiger partial charge in [-0.15, -0.1) is 0 Å². The molecule has 0 saturated heterocycles. The Bertz CT molecular complexity index is 94.5. The summed E-state index contributed by atoms with van der Waals surface area (Å²) in [5.74, 6) is 0. The van der Waals surface area contributed by atoms with E-state index in [0.717, 1.165) is 0 Å². The summed E-state index contributed by atoms with van der Waals surface area (Å²) in [4.78, 5) is 0. The first-order valence-electron chi connectivity index (χ1n) is 0.667. The summed E-state index contributed by atoms with van der Waals surface area (Å²) >= 11 is -6.02. The molecule has 0 bridgehead atoms. The SMILES string of the molecule is O=[Te](=O)([O-])[O-].[Na+].[Na+].[Na+]. The van der Waals surface area contributed by atoms with Gasteiger partial charge in [-0.25, -0.2) is 0 Å². The van der Waals surface area contributed by atoms with E-state index >= 15 is 0 Å². The van der Waals surface area contributed by atoms with E-state index in [2.05, 4.69) is 0 Å². The molecular formula is Na3O4Te+. The van der Waals surface area contributed by atoms with E-state index in [1.807, 2.05) is 0 Å². The molecule has 0 atom stereocenters. The Hall–Kier alpha value is 3.31. The average molecular weight is 261 g/mol. The number of hydrogen-bond donors (Lipinski definition) is 0. The third kappa shape index (κ3) is 58.7. The minimum Gasteiger partial charge on any atom is 1.00 e. The van der Waals surface area contributed by atoms with E-state index < -0.39 is 19.0 Å². The van der Waals surface area contributed by atoms with Crippen LogP contribution in [-0.4, -0.2) is 19.0 Å². The van der Waals surface area contributed by atoms with Crippen LogP contribution in [0.3, 0.4) is 0 Å². The first kappa shape index (κ1) is 22.5.